The molecule has 0 spiro atoms. The molecule has 0 nitrogen and oxygen atoms in total. The molecule has 0 bridgehead atoms. The van der Waals surface area contributed by atoms with Crippen molar-refractivity contribution in [2.24, 2.45) is 0 Å². The normalized spacial score (nSPS) is 5.62. The van der Waals surface area contributed by atoms with Gasteiger partial charge in [0.25, 0.3) is 0 Å². The molecule has 1 aromatic carbocycles. The van der Waals surface area contributed by atoms with Crippen LogP contribution in [0.25, 0.3) is 0 Å². The Morgan fingerprint density at radius 3 is 0.688 bits per heavy atom. The summed E-state index contributed by atoms with van der Waals surface area (Å²) in [5.41, 5.74) is 0. The minimum atomic E-state index is 0. The smallest absolute Gasteiger partial charge is 0.0564 e. The molecular formula is C16H36. The second kappa shape index (κ2) is 47.7. The van der Waals surface area contributed by atoms with Gasteiger partial charge in [0, 0.05) is 0 Å². The molecule has 0 radical (unpaired) electrons. The Kier molecular flexibility index (Phi) is 87.8. The Morgan fingerprint density at radius 1 is 0.500 bits per heavy atom. The Labute approximate surface area is 106 Å². The van der Waals surface area contributed by atoms with Crippen molar-refractivity contribution in [3.8, 4) is 0 Å². The maximum atomic E-state index is 2.18. The summed E-state index contributed by atoms with van der Waals surface area (Å²) in [6.07, 6.45) is 2.64. The molecular weight excluding hydrogens is 192 g/mol. The highest BCUT2D eigenvalue weighted by Gasteiger charge is 1.58. The van der Waals surface area contributed by atoms with Gasteiger partial charge in [0.1, 0.15) is 0 Å². The van der Waals surface area contributed by atoms with Crippen LogP contribution in [0.2, 0.25) is 0 Å². The summed E-state index contributed by atoms with van der Waals surface area (Å²) in [5.74, 6) is 0. The SMILES string of the molecule is C.C.CC.CC.CCCC.c1ccccc1. The summed E-state index contributed by atoms with van der Waals surface area (Å²) in [7, 11) is 0. The van der Waals surface area contributed by atoms with Gasteiger partial charge in [-0.25, -0.2) is 0 Å². The van der Waals surface area contributed by atoms with Crippen molar-refractivity contribution in [3.63, 3.8) is 0 Å². The molecule has 0 N–H and O–H groups in total. The zero-order chi connectivity index (χ0) is 11.7. The Hall–Kier alpha value is -0.780. The third kappa shape index (κ3) is 51.0. The molecule has 1 aromatic rings. The first-order chi connectivity index (χ1) is 6.91. The lowest BCUT2D eigenvalue weighted by atomic mass is 10.4. The molecule has 0 heterocycles. The molecule has 0 aliphatic carbocycles. The van der Waals surface area contributed by atoms with E-state index < -0.39 is 0 Å². The molecule has 100 valence electrons. The maximum absolute atomic E-state index is 2.18. The lowest BCUT2D eigenvalue weighted by Gasteiger charge is -1.69. The van der Waals surface area contributed by atoms with E-state index in [0.717, 1.165) is 0 Å². The molecule has 0 aliphatic rings. The van der Waals surface area contributed by atoms with Crippen LogP contribution in [-0.4, -0.2) is 0 Å². The first-order valence-electron chi connectivity index (χ1n) is 5.91. The van der Waals surface area contributed by atoms with Gasteiger partial charge in [-0.3, -0.25) is 0 Å². The fraction of sp³-hybridized carbons (Fsp3) is 0.625. The topological polar surface area (TPSA) is 0 Å². The average molecular weight is 228 g/mol. The first-order valence-corrected chi connectivity index (χ1v) is 5.91. The van der Waals surface area contributed by atoms with E-state index >= 15 is 0 Å². The van der Waals surface area contributed by atoms with Crippen molar-refractivity contribution in [2.75, 3.05) is 0 Å². The van der Waals surface area contributed by atoms with Crippen LogP contribution < -0.4 is 0 Å². The molecule has 0 saturated heterocycles. The van der Waals surface area contributed by atoms with Crippen molar-refractivity contribution in [1.29, 1.82) is 0 Å². The van der Waals surface area contributed by atoms with Crippen molar-refractivity contribution in [3.05, 3.63) is 36.4 Å². The highest BCUT2D eigenvalue weighted by molar-refractivity contribution is 4.99. The highest BCUT2D eigenvalue weighted by atomic mass is 13.6. The van der Waals surface area contributed by atoms with Gasteiger partial charge in [-0.05, 0) is 0 Å². The molecule has 0 aliphatic heterocycles. The highest BCUT2D eigenvalue weighted by Crippen LogP contribution is 1.79. The fourth-order valence-electron chi connectivity index (χ4n) is 0.385. The second-order valence-corrected chi connectivity index (χ2v) is 2.15. The number of hydrogen-bond acceptors (Lipinski definition) is 0. The fourth-order valence-corrected chi connectivity index (χ4v) is 0.385. The van der Waals surface area contributed by atoms with Gasteiger partial charge < -0.3 is 0 Å². The quantitative estimate of drug-likeness (QED) is 0.495. The summed E-state index contributed by atoms with van der Waals surface area (Å²) in [6, 6.07) is 12.0. The Bertz CT molecular complexity index is 92.0. The number of hydrogen-bond donors (Lipinski definition) is 0. The molecule has 1 rings (SSSR count). The van der Waals surface area contributed by atoms with Crippen LogP contribution in [0.5, 0.6) is 0 Å². The van der Waals surface area contributed by atoms with Crippen molar-refractivity contribution in [1.82, 2.24) is 0 Å². The minimum Gasteiger partial charge on any atom is -0.0776 e. The van der Waals surface area contributed by atoms with Gasteiger partial charge in [0.05, 0.1) is 0 Å². The number of benzene rings is 1. The monoisotopic (exact) mass is 228 g/mol. The summed E-state index contributed by atoms with van der Waals surface area (Å²) in [6.45, 7) is 12.4. The van der Waals surface area contributed by atoms with Crippen LogP contribution in [0.4, 0.5) is 0 Å². The van der Waals surface area contributed by atoms with Gasteiger partial charge in [-0.1, -0.05) is 106 Å². The average Bonchev–Trinajstić information content (AvgIpc) is 2.36. The lowest BCUT2D eigenvalue weighted by molar-refractivity contribution is 0.886. The largest absolute Gasteiger partial charge is 0.0776 e. The van der Waals surface area contributed by atoms with Crippen LogP contribution in [0, 0.1) is 0 Å². The Balaban J connectivity index is -0.0000000364. The maximum Gasteiger partial charge on any atom is -0.0564 e. The summed E-state index contributed by atoms with van der Waals surface area (Å²) in [5, 5.41) is 0. The standard InChI is InChI=1S/C6H6.C4H10.2C2H6.2CH4/c1-2-4-6-5-3-1;1-3-4-2;2*1-2;;/h1-6H;3-4H2,1-2H3;2*1-2H3;2*1H4. The summed E-state index contributed by atoms with van der Waals surface area (Å²) >= 11 is 0. The molecule has 0 heteroatoms. The molecule has 0 amide bonds. The van der Waals surface area contributed by atoms with E-state index in [1.165, 1.54) is 12.8 Å². The summed E-state index contributed by atoms with van der Waals surface area (Å²) < 4.78 is 0. The van der Waals surface area contributed by atoms with Crippen LogP contribution in [0.3, 0.4) is 0 Å². The summed E-state index contributed by atoms with van der Waals surface area (Å²) in [4.78, 5) is 0. The van der Waals surface area contributed by atoms with Crippen LogP contribution in [0.1, 0.15) is 69.2 Å². The van der Waals surface area contributed by atoms with E-state index in [9.17, 15) is 0 Å². The van der Waals surface area contributed by atoms with Crippen molar-refractivity contribution < 1.29 is 0 Å². The molecule has 0 saturated carbocycles. The number of rotatable bonds is 1. The van der Waals surface area contributed by atoms with E-state index in [4.69, 9.17) is 0 Å². The van der Waals surface area contributed by atoms with Gasteiger partial charge in [0.2, 0.25) is 0 Å². The molecule has 16 heavy (non-hydrogen) atoms. The predicted octanol–water partition coefficient (Wildman–Crippen LogP) is 6.82. The molecule has 0 aromatic heterocycles. The van der Waals surface area contributed by atoms with Gasteiger partial charge in [-0.15, -0.1) is 0 Å². The zero-order valence-corrected chi connectivity index (χ0v) is 10.9. The van der Waals surface area contributed by atoms with E-state index in [0.29, 0.717) is 0 Å². The number of unbranched alkanes of at least 4 members (excludes halogenated alkanes) is 1. The Morgan fingerprint density at radius 2 is 0.625 bits per heavy atom. The van der Waals surface area contributed by atoms with E-state index in [-0.39, 0.29) is 14.9 Å². The van der Waals surface area contributed by atoms with Crippen molar-refractivity contribution >= 4 is 0 Å². The van der Waals surface area contributed by atoms with E-state index in [1.807, 2.05) is 64.1 Å². The second-order valence-electron chi connectivity index (χ2n) is 2.15. The molecule has 0 unspecified atom stereocenters. The minimum absolute atomic E-state index is 0. The van der Waals surface area contributed by atoms with E-state index in [2.05, 4.69) is 13.8 Å². The first kappa shape index (κ1) is 29.5. The molecule has 0 atom stereocenters. The van der Waals surface area contributed by atoms with Crippen LogP contribution in [0.15, 0.2) is 36.4 Å². The predicted molar refractivity (Wildman–Crippen MR) is 83.2 cm³/mol. The van der Waals surface area contributed by atoms with Crippen molar-refractivity contribution in [2.45, 2.75) is 69.2 Å². The van der Waals surface area contributed by atoms with Gasteiger partial charge in [0.15, 0.2) is 0 Å². The third-order valence-electron chi connectivity index (χ3n) is 1.17. The van der Waals surface area contributed by atoms with E-state index in [1.54, 1.807) is 0 Å². The lowest BCUT2D eigenvalue weighted by Crippen LogP contribution is -1.47. The van der Waals surface area contributed by atoms with Crippen LogP contribution in [-0.2, 0) is 0 Å². The van der Waals surface area contributed by atoms with Crippen LogP contribution >= 0.6 is 0 Å². The third-order valence-corrected chi connectivity index (χ3v) is 1.17. The zero-order valence-electron chi connectivity index (χ0n) is 10.9. The van der Waals surface area contributed by atoms with Gasteiger partial charge >= 0.3 is 0 Å². The van der Waals surface area contributed by atoms with Gasteiger partial charge in [-0.2, -0.15) is 0 Å². The molecule has 0 fully saturated rings.